The van der Waals surface area contributed by atoms with Gasteiger partial charge >= 0.3 is 0 Å². The van der Waals surface area contributed by atoms with Gasteiger partial charge in [0.05, 0.1) is 16.1 Å². The van der Waals surface area contributed by atoms with Crippen LogP contribution in [0.3, 0.4) is 0 Å². The molecular formula is C14H10BrFN2O2S. The molecule has 0 amide bonds. The number of aryl methyl sites for hydroxylation is 1. The molecule has 0 heterocycles. The molecule has 0 bridgehead atoms. The number of anilines is 1. The minimum atomic E-state index is -3.89. The van der Waals surface area contributed by atoms with Crippen LogP contribution >= 0.6 is 15.9 Å². The Labute approximate surface area is 130 Å². The Kier molecular flexibility index (Phi) is 4.30. The molecule has 0 aliphatic rings. The normalized spacial score (nSPS) is 11.0. The Morgan fingerprint density at radius 1 is 1.24 bits per heavy atom. The molecule has 0 fully saturated rings. The average Bonchev–Trinajstić information content (AvgIpc) is 2.43. The van der Waals surface area contributed by atoms with Crippen LogP contribution in [0.1, 0.15) is 11.1 Å². The molecule has 0 saturated heterocycles. The summed E-state index contributed by atoms with van der Waals surface area (Å²) in [7, 11) is -3.89. The monoisotopic (exact) mass is 368 g/mol. The third kappa shape index (κ3) is 3.40. The lowest BCUT2D eigenvalue weighted by Gasteiger charge is -2.11. The van der Waals surface area contributed by atoms with Gasteiger partial charge in [-0.25, -0.2) is 12.8 Å². The standard InChI is InChI=1S/C14H10BrFN2O2S/c1-9-2-3-11(15)7-14(9)18-21(19,20)12-4-5-13(16)10(6-12)8-17/h2-7,18H,1H3. The van der Waals surface area contributed by atoms with Crippen LogP contribution < -0.4 is 4.72 Å². The molecule has 0 spiro atoms. The summed E-state index contributed by atoms with van der Waals surface area (Å²) in [4.78, 5) is -0.167. The Balaban J connectivity index is 2.44. The van der Waals surface area contributed by atoms with Gasteiger partial charge in [-0.1, -0.05) is 22.0 Å². The van der Waals surface area contributed by atoms with Gasteiger partial charge in [-0.3, -0.25) is 4.72 Å². The largest absolute Gasteiger partial charge is 0.279 e. The molecule has 0 aromatic heterocycles. The highest BCUT2D eigenvalue weighted by molar-refractivity contribution is 9.10. The number of nitrogens with zero attached hydrogens (tertiary/aromatic N) is 1. The Morgan fingerprint density at radius 3 is 2.62 bits per heavy atom. The molecule has 2 aromatic carbocycles. The van der Waals surface area contributed by atoms with Crippen LogP contribution in [0.4, 0.5) is 10.1 Å². The number of hydrogen-bond acceptors (Lipinski definition) is 3. The van der Waals surface area contributed by atoms with E-state index in [1.165, 1.54) is 0 Å². The highest BCUT2D eigenvalue weighted by Gasteiger charge is 2.17. The van der Waals surface area contributed by atoms with Crippen molar-refractivity contribution >= 4 is 31.6 Å². The summed E-state index contributed by atoms with van der Waals surface area (Å²) in [5.41, 5.74) is 0.834. The summed E-state index contributed by atoms with van der Waals surface area (Å²) in [6.45, 7) is 1.76. The van der Waals surface area contributed by atoms with E-state index < -0.39 is 15.8 Å². The molecule has 0 unspecified atom stereocenters. The predicted octanol–water partition coefficient (Wildman–Crippen LogP) is 3.57. The highest BCUT2D eigenvalue weighted by Crippen LogP contribution is 2.24. The highest BCUT2D eigenvalue weighted by atomic mass is 79.9. The predicted molar refractivity (Wildman–Crippen MR) is 80.8 cm³/mol. The molecule has 1 N–H and O–H groups in total. The molecule has 7 heteroatoms. The summed E-state index contributed by atoms with van der Waals surface area (Å²) in [6.07, 6.45) is 0. The number of halogens is 2. The molecule has 0 radical (unpaired) electrons. The molecule has 0 aliphatic carbocycles. The number of hydrogen-bond donors (Lipinski definition) is 1. The number of nitrogens with one attached hydrogen (secondary N) is 1. The SMILES string of the molecule is Cc1ccc(Br)cc1NS(=O)(=O)c1ccc(F)c(C#N)c1. The van der Waals surface area contributed by atoms with Crippen molar-refractivity contribution in [1.29, 1.82) is 5.26 Å². The number of nitriles is 1. The van der Waals surface area contributed by atoms with Crippen LogP contribution in [-0.4, -0.2) is 8.42 Å². The first-order valence-electron chi connectivity index (χ1n) is 5.82. The second-order valence-electron chi connectivity index (χ2n) is 4.32. The van der Waals surface area contributed by atoms with Crippen molar-refractivity contribution in [1.82, 2.24) is 0 Å². The van der Waals surface area contributed by atoms with Crippen LogP contribution in [0.5, 0.6) is 0 Å². The zero-order valence-electron chi connectivity index (χ0n) is 10.9. The molecule has 0 aliphatic heterocycles. The number of sulfonamides is 1. The quantitative estimate of drug-likeness (QED) is 0.899. The van der Waals surface area contributed by atoms with Gasteiger partial charge in [-0.15, -0.1) is 0 Å². The van der Waals surface area contributed by atoms with E-state index in [9.17, 15) is 12.8 Å². The van der Waals surface area contributed by atoms with Gasteiger partial charge in [0, 0.05) is 4.47 Å². The summed E-state index contributed by atoms with van der Waals surface area (Å²) in [5, 5.41) is 8.77. The first-order valence-corrected chi connectivity index (χ1v) is 8.10. The van der Waals surface area contributed by atoms with E-state index in [0.29, 0.717) is 5.69 Å². The van der Waals surface area contributed by atoms with Crippen molar-refractivity contribution in [3.63, 3.8) is 0 Å². The van der Waals surface area contributed by atoms with E-state index >= 15 is 0 Å². The van der Waals surface area contributed by atoms with Gasteiger partial charge in [0.2, 0.25) is 0 Å². The van der Waals surface area contributed by atoms with Gasteiger partial charge in [0.15, 0.2) is 0 Å². The zero-order valence-corrected chi connectivity index (χ0v) is 13.3. The van der Waals surface area contributed by atoms with Crippen LogP contribution in [-0.2, 0) is 10.0 Å². The maximum atomic E-state index is 13.3. The summed E-state index contributed by atoms with van der Waals surface area (Å²) >= 11 is 3.26. The Bertz CT molecular complexity index is 845. The summed E-state index contributed by atoms with van der Waals surface area (Å²) in [5.74, 6) is -0.755. The molecule has 2 aromatic rings. The van der Waals surface area contributed by atoms with Crippen molar-refractivity contribution in [3.05, 3.63) is 57.8 Å². The Hall–Kier alpha value is -1.91. The number of benzene rings is 2. The smallest absolute Gasteiger partial charge is 0.261 e. The average molecular weight is 369 g/mol. The van der Waals surface area contributed by atoms with E-state index in [0.717, 1.165) is 28.2 Å². The fourth-order valence-corrected chi connectivity index (χ4v) is 3.17. The molecular weight excluding hydrogens is 359 g/mol. The van der Waals surface area contributed by atoms with Crippen molar-refractivity contribution in [3.8, 4) is 6.07 Å². The fraction of sp³-hybridized carbons (Fsp3) is 0.0714. The van der Waals surface area contributed by atoms with E-state index in [4.69, 9.17) is 5.26 Å². The van der Waals surface area contributed by atoms with E-state index in [1.807, 2.05) is 0 Å². The van der Waals surface area contributed by atoms with Crippen LogP contribution in [0.15, 0.2) is 45.8 Å². The van der Waals surface area contributed by atoms with Gasteiger partial charge in [-0.05, 0) is 42.8 Å². The molecule has 2 rings (SSSR count). The second-order valence-corrected chi connectivity index (χ2v) is 6.92. The van der Waals surface area contributed by atoms with E-state index in [-0.39, 0.29) is 10.5 Å². The summed E-state index contributed by atoms with van der Waals surface area (Å²) < 4.78 is 41.0. The minimum absolute atomic E-state index is 0.167. The van der Waals surface area contributed by atoms with E-state index in [2.05, 4.69) is 20.7 Å². The lowest BCUT2D eigenvalue weighted by Crippen LogP contribution is -2.14. The van der Waals surface area contributed by atoms with Crippen molar-refractivity contribution in [2.24, 2.45) is 0 Å². The molecule has 21 heavy (non-hydrogen) atoms. The lowest BCUT2D eigenvalue weighted by atomic mass is 10.2. The van der Waals surface area contributed by atoms with Crippen molar-refractivity contribution < 1.29 is 12.8 Å². The topological polar surface area (TPSA) is 70.0 Å². The fourth-order valence-electron chi connectivity index (χ4n) is 1.67. The van der Waals surface area contributed by atoms with Crippen LogP contribution in [0.25, 0.3) is 0 Å². The Morgan fingerprint density at radius 2 is 1.95 bits per heavy atom. The maximum absolute atomic E-state index is 13.3. The van der Waals surface area contributed by atoms with Crippen LogP contribution in [0.2, 0.25) is 0 Å². The third-order valence-corrected chi connectivity index (χ3v) is 4.67. The lowest BCUT2D eigenvalue weighted by molar-refractivity contribution is 0.599. The molecule has 0 atom stereocenters. The van der Waals surface area contributed by atoms with Gasteiger partial charge in [-0.2, -0.15) is 5.26 Å². The van der Waals surface area contributed by atoms with Crippen molar-refractivity contribution in [2.75, 3.05) is 4.72 Å². The molecule has 108 valence electrons. The first kappa shape index (κ1) is 15.5. The van der Waals surface area contributed by atoms with Gasteiger partial charge < -0.3 is 0 Å². The third-order valence-electron chi connectivity index (χ3n) is 2.81. The number of rotatable bonds is 3. The van der Waals surface area contributed by atoms with Gasteiger partial charge in [0.1, 0.15) is 11.9 Å². The molecule has 4 nitrogen and oxygen atoms in total. The first-order chi connectivity index (χ1) is 9.83. The zero-order chi connectivity index (χ0) is 15.6. The van der Waals surface area contributed by atoms with E-state index in [1.54, 1.807) is 31.2 Å². The summed E-state index contributed by atoms with van der Waals surface area (Å²) in [6, 6.07) is 9.87. The van der Waals surface area contributed by atoms with Crippen LogP contribution in [0, 0.1) is 24.1 Å². The maximum Gasteiger partial charge on any atom is 0.261 e. The second kappa shape index (κ2) is 5.84. The molecule has 0 saturated carbocycles. The minimum Gasteiger partial charge on any atom is -0.279 e. The van der Waals surface area contributed by atoms with Gasteiger partial charge in [0.25, 0.3) is 10.0 Å². The van der Waals surface area contributed by atoms with Crippen molar-refractivity contribution in [2.45, 2.75) is 11.8 Å².